The first-order valence-corrected chi connectivity index (χ1v) is 6.75. The van der Waals surface area contributed by atoms with Gasteiger partial charge in [-0.2, -0.15) is 0 Å². The zero-order chi connectivity index (χ0) is 12.4. The normalized spacial score (nSPS) is 10.8. The van der Waals surface area contributed by atoms with E-state index in [4.69, 9.17) is 5.11 Å². The molecular formula is C12H11BrFNOS. The first kappa shape index (κ1) is 12.7. The Kier molecular flexibility index (Phi) is 3.91. The van der Waals surface area contributed by atoms with E-state index in [9.17, 15) is 4.39 Å². The van der Waals surface area contributed by atoms with Crippen LogP contribution in [-0.2, 0) is 6.42 Å². The van der Waals surface area contributed by atoms with Crippen molar-refractivity contribution in [2.45, 2.75) is 13.3 Å². The highest BCUT2D eigenvalue weighted by Gasteiger charge is 2.12. The van der Waals surface area contributed by atoms with E-state index < -0.39 is 0 Å². The summed E-state index contributed by atoms with van der Waals surface area (Å²) in [4.78, 5) is 5.35. The van der Waals surface area contributed by atoms with Crippen LogP contribution in [0.5, 0.6) is 0 Å². The third-order valence-electron chi connectivity index (χ3n) is 2.39. The molecule has 17 heavy (non-hydrogen) atoms. The van der Waals surface area contributed by atoms with Crippen molar-refractivity contribution in [2.24, 2.45) is 0 Å². The average molecular weight is 316 g/mol. The number of halogens is 2. The number of benzene rings is 1. The number of hydrogen-bond donors (Lipinski definition) is 1. The average Bonchev–Trinajstić information content (AvgIpc) is 2.64. The Morgan fingerprint density at radius 1 is 1.47 bits per heavy atom. The van der Waals surface area contributed by atoms with Gasteiger partial charge in [0.1, 0.15) is 10.8 Å². The Bertz CT molecular complexity index is 541. The van der Waals surface area contributed by atoms with E-state index in [1.807, 2.05) is 6.92 Å². The molecule has 0 aliphatic carbocycles. The number of aryl methyl sites for hydroxylation is 1. The molecule has 5 heteroatoms. The second-order valence-corrected chi connectivity index (χ2v) is 5.62. The van der Waals surface area contributed by atoms with Crippen LogP contribution in [0.1, 0.15) is 10.6 Å². The van der Waals surface area contributed by atoms with Gasteiger partial charge >= 0.3 is 0 Å². The van der Waals surface area contributed by atoms with Crippen molar-refractivity contribution in [2.75, 3.05) is 6.61 Å². The molecule has 2 aromatic rings. The lowest BCUT2D eigenvalue weighted by Crippen LogP contribution is -1.88. The summed E-state index contributed by atoms with van der Waals surface area (Å²) >= 11 is 4.75. The molecule has 0 bridgehead atoms. The van der Waals surface area contributed by atoms with E-state index in [2.05, 4.69) is 20.9 Å². The van der Waals surface area contributed by atoms with Crippen molar-refractivity contribution in [1.82, 2.24) is 4.98 Å². The summed E-state index contributed by atoms with van der Waals surface area (Å²) in [5.41, 5.74) is 1.36. The zero-order valence-electron chi connectivity index (χ0n) is 9.20. The molecule has 0 aliphatic rings. The second-order valence-electron chi connectivity index (χ2n) is 3.63. The van der Waals surface area contributed by atoms with Gasteiger partial charge < -0.3 is 5.11 Å². The molecule has 0 spiro atoms. The maximum atomic E-state index is 13.7. The first-order chi connectivity index (χ1) is 8.11. The molecule has 0 saturated heterocycles. The molecule has 1 aromatic carbocycles. The van der Waals surface area contributed by atoms with Crippen molar-refractivity contribution in [3.05, 3.63) is 39.1 Å². The van der Waals surface area contributed by atoms with Crippen LogP contribution < -0.4 is 0 Å². The topological polar surface area (TPSA) is 33.1 Å². The summed E-state index contributed by atoms with van der Waals surface area (Å²) in [7, 11) is 0. The monoisotopic (exact) mass is 315 g/mol. The van der Waals surface area contributed by atoms with Gasteiger partial charge in [-0.1, -0.05) is 15.9 Å². The molecule has 0 aliphatic heterocycles. The highest BCUT2D eigenvalue weighted by Crippen LogP contribution is 2.31. The molecule has 0 fully saturated rings. The van der Waals surface area contributed by atoms with Crippen molar-refractivity contribution >= 4 is 27.3 Å². The maximum Gasteiger partial charge on any atom is 0.133 e. The van der Waals surface area contributed by atoms with Gasteiger partial charge in [0.05, 0.1) is 5.69 Å². The summed E-state index contributed by atoms with van der Waals surface area (Å²) in [5, 5.41) is 9.58. The summed E-state index contributed by atoms with van der Waals surface area (Å²) < 4.78 is 14.5. The van der Waals surface area contributed by atoms with Gasteiger partial charge in [-0.3, -0.25) is 0 Å². The van der Waals surface area contributed by atoms with Crippen molar-refractivity contribution in [3.63, 3.8) is 0 Å². The van der Waals surface area contributed by atoms with Crippen LogP contribution in [0.15, 0.2) is 22.7 Å². The second kappa shape index (κ2) is 5.25. The number of aliphatic hydroxyl groups is 1. The number of thiazole rings is 1. The lowest BCUT2D eigenvalue weighted by atomic mass is 10.2. The SMILES string of the molecule is Cc1nc(-c2cc(Br)ccc2F)sc1CCO. The quantitative estimate of drug-likeness (QED) is 0.939. The van der Waals surface area contributed by atoms with Crippen molar-refractivity contribution in [3.8, 4) is 10.6 Å². The molecule has 1 heterocycles. The number of nitrogens with zero attached hydrogens (tertiary/aromatic N) is 1. The van der Waals surface area contributed by atoms with Gasteiger partial charge in [0.15, 0.2) is 0 Å². The fourth-order valence-corrected chi connectivity index (χ4v) is 2.97. The molecule has 2 nitrogen and oxygen atoms in total. The maximum absolute atomic E-state index is 13.7. The molecule has 0 atom stereocenters. The third-order valence-corrected chi connectivity index (χ3v) is 4.13. The molecular weight excluding hydrogens is 305 g/mol. The molecule has 0 amide bonds. The van der Waals surface area contributed by atoms with Gasteiger partial charge in [0.2, 0.25) is 0 Å². The van der Waals surface area contributed by atoms with Crippen LogP contribution in [0.4, 0.5) is 4.39 Å². The number of hydrogen-bond acceptors (Lipinski definition) is 3. The van der Waals surface area contributed by atoms with E-state index in [0.29, 0.717) is 17.0 Å². The van der Waals surface area contributed by atoms with Crippen LogP contribution in [-0.4, -0.2) is 16.7 Å². The lowest BCUT2D eigenvalue weighted by Gasteiger charge is -1.99. The predicted molar refractivity (Wildman–Crippen MR) is 70.7 cm³/mol. The van der Waals surface area contributed by atoms with E-state index in [0.717, 1.165) is 15.0 Å². The minimum Gasteiger partial charge on any atom is -0.396 e. The number of aliphatic hydroxyl groups excluding tert-OH is 1. The van der Waals surface area contributed by atoms with E-state index in [1.165, 1.54) is 17.4 Å². The summed E-state index contributed by atoms with van der Waals surface area (Å²) in [6.45, 7) is 1.96. The molecule has 1 N–H and O–H groups in total. The Morgan fingerprint density at radius 3 is 2.94 bits per heavy atom. The van der Waals surface area contributed by atoms with E-state index in [-0.39, 0.29) is 12.4 Å². The fraction of sp³-hybridized carbons (Fsp3) is 0.250. The van der Waals surface area contributed by atoms with Gasteiger partial charge in [-0.05, 0) is 25.1 Å². The molecule has 0 radical (unpaired) electrons. The predicted octanol–water partition coefficient (Wildman–Crippen LogP) is 3.55. The fourth-order valence-electron chi connectivity index (χ4n) is 1.54. The van der Waals surface area contributed by atoms with Crippen molar-refractivity contribution < 1.29 is 9.50 Å². The molecule has 0 saturated carbocycles. The molecule has 0 unspecified atom stereocenters. The van der Waals surface area contributed by atoms with Gasteiger partial charge in [0.25, 0.3) is 0 Å². The van der Waals surface area contributed by atoms with Gasteiger partial charge in [-0.15, -0.1) is 11.3 Å². The minimum atomic E-state index is -0.280. The number of rotatable bonds is 3. The molecule has 1 aromatic heterocycles. The molecule has 2 rings (SSSR count). The largest absolute Gasteiger partial charge is 0.396 e. The summed E-state index contributed by atoms with van der Waals surface area (Å²) in [6.07, 6.45) is 0.569. The Hall–Kier alpha value is -0.780. The number of aromatic nitrogens is 1. The van der Waals surface area contributed by atoms with Gasteiger partial charge in [0, 0.05) is 27.9 Å². The first-order valence-electron chi connectivity index (χ1n) is 5.14. The summed E-state index contributed by atoms with van der Waals surface area (Å²) in [6, 6.07) is 4.80. The zero-order valence-corrected chi connectivity index (χ0v) is 11.6. The Morgan fingerprint density at radius 2 is 2.24 bits per heavy atom. The summed E-state index contributed by atoms with van der Waals surface area (Å²) in [5.74, 6) is -0.280. The standard InChI is InChI=1S/C12H11BrFNOS/c1-7-11(4-5-16)17-12(15-7)9-6-8(13)2-3-10(9)14/h2-3,6,16H,4-5H2,1H3. The molecule has 90 valence electrons. The van der Waals surface area contributed by atoms with E-state index >= 15 is 0 Å². The van der Waals surface area contributed by atoms with Crippen LogP contribution in [0.3, 0.4) is 0 Å². The van der Waals surface area contributed by atoms with Crippen LogP contribution in [0.25, 0.3) is 10.6 Å². The Balaban J connectivity index is 2.45. The third kappa shape index (κ3) is 2.73. The lowest BCUT2D eigenvalue weighted by molar-refractivity contribution is 0.300. The highest BCUT2D eigenvalue weighted by atomic mass is 79.9. The van der Waals surface area contributed by atoms with Crippen LogP contribution in [0, 0.1) is 12.7 Å². The highest BCUT2D eigenvalue weighted by molar-refractivity contribution is 9.10. The van der Waals surface area contributed by atoms with Crippen LogP contribution in [0.2, 0.25) is 0 Å². The van der Waals surface area contributed by atoms with Crippen molar-refractivity contribution in [1.29, 1.82) is 0 Å². The van der Waals surface area contributed by atoms with E-state index in [1.54, 1.807) is 12.1 Å². The Labute approximate surface area is 111 Å². The van der Waals surface area contributed by atoms with Crippen LogP contribution >= 0.6 is 27.3 Å². The minimum absolute atomic E-state index is 0.0867. The smallest absolute Gasteiger partial charge is 0.133 e. The van der Waals surface area contributed by atoms with Gasteiger partial charge in [-0.25, -0.2) is 9.37 Å².